The summed E-state index contributed by atoms with van der Waals surface area (Å²) in [6.45, 7) is 2.55. The summed E-state index contributed by atoms with van der Waals surface area (Å²) in [7, 11) is 1.58. The molecule has 0 aliphatic rings. The molecule has 112 valence electrons. The Balaban J connectivity index is 2.13. The van der Waals surface area contributed by atoms with Gasteiger partial charge in [0.2, 0.25) is 11.1 Å². The number of nitrogen functional groups attached to an aromatic ring is 1. The molecule has 8 heteroatoms. The molecule has 0 saturated heterocycles. The molecule has 0 atom stereocenters. The molecule has 1 heterocycles. The van der Waals surface area contributed by atoms with E-state index in [0.29, 0.717) is 17.6 Å². The van der Waals surface area contributed by atoms with E-state index in [2.05, 4.69) is 15.5 Å². The van der Waals surface area contributed by atoms with Gasteiger partial charge in [0.1, 0.15) is 5.75 Å². The third-order valence-electron chi connectivity index (χ3n) is 2.70. The summed E-state index contributed by atoms with van der Waals surface area (Å²) in [5.74, 6) is 7.45. The molecule has 0 radical (unpaired) electrons. The molecule has 7 nitrogen and oxygen atoms in total. The maximum atomic E-state index is 11.2. The van der Waals surface area contributed by atoms with Crippen LogP contribution in [0.15, 0.2) is 29.4 Å². The predicted molar refractivity (Wildman–Crippen MR) is 81.6 cm³/mol. The van der Waals surface area contributed by atoms with Crippen LogP contribution >= 0.6 is 11.8 Å². The standard InChI is InChI=1S/C13H17N5O2S/c1-3-20-10-6-4-9(5-7-10)12-16-17-13(18(12)14)21-8-11(19)15-2/h4-7H,3,8,14H2,1-2H3,(H,15,19). The Morgan fingerprint density at radius 3 is 2.71 bits per heavy atom. The fraction of sp³-hybridized carbons (Fsp3) is 0.308. The third-order valence-corrected chi connectivity index (χ3v) is 3.64. The summed E-state index contributed by atoms with van der Waals surface area (Å²) in [4.78, 5) is 11.2. The largest absolute Gasteiger partial charge is 0.494 e. The van der Waals surface area contributed by atoms with E-state index in [1.54, 1.807) is 7.05 Å². The van der Waals surface area contributed by atoms with Crippen LogP contribution in [-0.4, -0.2) is 40.2 Å². The van der Waals surface area contributed by atoms with Gasteiger partial charge >= 0.3 is 0 Å². The summed E-state index contributed by atoms with van der Waals surface area (Å²) >= 11 is 1.23. The van der Waals surface area contributed by atoms with Crippen molar-refractivity contribution in [1.29, 1.82) is 0 Å². The molecule has 1 amide bonds. The molecule has 0 saturated carbocycles. The van der Waals surface area contributed by atoms with Gasteiger partial charge in [-0.2, -0.15) is 0 Å². The molecule has 0 aliphatic carbocycles. The highest BCUT2D eigenvalue weighted by atomic mass is 32.2. The molecular formula is C13H17N5O2S. The highest BCUT2D eigenvalue weighted by Crippen LogP contribution is 2.23. The number of aromatic nitrogens is 3. The summed E-state index contributed by atoms with van der Waals surface area (Å²) < 4.78 is 6.77. The molecule has 0 fully saturated rings. The summed E-state index contributed by atoms with van der Waals surface area (Å²) in [5.41, 5.74) is 0.834. The highest BCUT2D eigenvalue weighted by molar-refractivity contribution is 7.99. The highest BCUT2D eigenvalue weighted by Gasteiger charge is 2.13. The number of ether oxygens (including phenoxy) is 1. The fourth-order valence-electron chi connectivity index (χ4n) is 1.64. The molecular weight excluding hydrogens is 290 g/mol. The number of nitrogens with one attached hydrogen (secondary N) is 1. The van der Waals surface area contributed by atoms with Crippen LogP contribution in [0, 0.1) is 0 Å². The first-order valence-electron chi connectivity index (χ1n) is 6.42. The smallest absolute Gasteiger partial charge is 0.230 e. The maximum absolute atomic E-state index is 11.2. The topological polar surface area (TPSA) is 95.1 Å². The Kier molecular flexibility index (Phi) is 5.04. The van der Waals surface area contributed by atoms with Crippen molar-refractivity contribution in [3.63, 3.8) is 0 Å². The number of carbonyl (C=O) groups is 1. The summed E-state index contributed by atoms with van der Waals surface area (Å²) in [6.07, 6.45) is 0. The van der Waals surface area contributed by atoms with E-state index < -0.39 is 0 Å². The predicted octanol–water partition coefficient (Wildman–Crippen LogP) is 0.896. The second-order valence-corrected chi connectivity index (χ2v) is 5.04. The van der Waals surface area contributed by atoms with E-state index in [1.807, 2.05) is 31.2 Å². The van der Waals surface area contributed by atoms with Crippen LogP contribution in [0.1, 0.15) is 6.92 Å². The van der Waals surface area contributed by atoms with Gasteiger partial charge in [-0.3, -0.25) is 4.79 Å². The minimum atomic E-state index is -0.0920. The van der Waals surface area contributed by atoms with Gasteiger partial charge in [-0.25, -0.2) is 4.68 Å². The zero-order valence-electron chi connectivity index (χ0n) is 11.9. The van der Waals surface area contributed by atoms with Gasteiger partial charge in [-0.05, 0) is 31.2 Å². The fourth-order valence-corrected chi connectivity index (χ4v) is 2.37. The Bertz CT molecular complexity index is 612. The van der Waals surface area contributed by atoms with Crippen molar-refractivity contribution in [3.05, 3.63) is 24.3 Å². The SMILES string of the molecule is CCOc1ccc(-c2nnc(SCC(=O)NC)n2N)cc1. The first-order valence-corrected chi connectivity index (χ1v) is 7.41. The van der Waals surface area contributed by atoms with E-state index in [4.69, 9.17) is 10.6 Å². The number of amides is 1. The number of carbonyl (C=O) groups excluding carboxylic acids is 1. The molecule has 2 rings (SSSR count). The van der Waals surface area contributed by atoms with Crippen molar-refractivity contribution in [3.8, 4) is 17.1 Å². The molecule has 0 unspecified atom stereocenters. The zero-order valence-corrected chi connectivity index (χ0v) is 12.7. The van der Waals surface area contributed by atoms with Gasteiger partial charge in [0.15, 0.2) is 5.82 Å². The van der Waals surface area contributed by atoms with E-state index in [0.717, 1.165) is 11.3 Å². The van der Waals surface area contributed by atoms with Crippen LogP contribution in [0.3, 0.4) is 0 Å². The maximum Gasteiger partial charge on any atom is 0.230 e. The molecule has 0 bridgehead atoms. The van der Waals surface area contributed by atoms with Gasteiger partial charge in [-0.1, -0.05) is 11.8 Å². The number of nitrogens with zero attached hydrogens (tertiary/aromatic N) is 3. The number of rotatable bonds is 6. The Labute approximate surface area is 126 Å². The van der Waals surface area contributed by atoms with Crippen molar-refractivity contribution in [2.45, 2.75) is 12.1 Å². The van der Waals surface area contributed by atoms with E-state index in [-0.39, 0.29) is 11.7 Å². The van der Waals surface area contributed by atoms with Crippen LogP contribution in [0.4, 0.5) is 0 Å². The van der Waals surface area contributed by atoms with E-state index in [1.165, 1.54) is 16.4 Å². The van der Waals surface area contributed by atoms with Crippen LogP contribution in [-0.2, 0) is 4.79 Å². The zero-order chi connectivity index (χ0) is 15.2. The van der Waals surface area contributed by atoms with Crippen LogP contribution in [0.25, 0.3) is 11.4 Å². The average Bonchev–Trinajstić information content (AvgIpc) is 2.87. The molecule has 1 aromatic carbocycles. The van der Waals surface area contributed by atoms with Gasteiger partial charge in [-0.15, -0.1) is 10.2 Å². The summed E-state index contributed by atoms with van der Waals surface area (Å²) in [6, 6.07) is 7.44. The quantitative estimate of drug-likeness (QED) is 0.608. The van der Waals surface area contributed by atoms with Gasteiger partial charge in [0, 0.05) is 12.6 Å². The molecule has 21 heavy (non-hydrogen) atoms. The average molecular weight is 307 g/mol. The third kappa shape index (κ3) is 3.66. The Morgan fingerprint density at radius 2 is 2.10 bits per heavy atom. The molecule has 1 aromatic heterocycles. The van der Waals surface area contributed by atoms with Crippen LogP contribution in [0.2, 0.25) is 0 Å². The van der Waals surface area contributed by atoms with Crippen molar-refractivity contribution in [1.82, 2.24) is 20.2 Å². The number of thioether (sulfide) groups is 1. The second kappa shape index (κ2) is 6.98. The monoisotopic (exact) mass is 307 g/mol. The first-order chi connectivity index (χ1) is 10.2. The number of hydrogen-bond acceptors (Lipinski definition) is 6. The van der Waals surface area contributed by atoms with Gasteiger partial charge in [0.25, 0.3) is 0 Å². The first kappa shape index (κ1) is 15.2. The normalized spacial score (nSPS) is 10.4. The Hall–Kier alpha value is -2.22. The van der Waals surface area contributed by atoms with Crippen molar-refractivity contribution >= 4 is 17.7 Å². The van der Waals surface area contributed by atoms with Crippen molar-refractivity contribution in [2.75, 3.05) is 25.3 Å². The Morgan fingerprint density at radius 1 is 1.38 bits per heavy atom. The van der Waals surface area contributed by atoms with Crippen LogP contribution < -0.4 is 15.9 Å². The lowest BCUT2D eigenvalue weighted by molar-refractivity contribution is -0.118. The van der Waals surface area contributed by atoms with Crippen molar-refractivity contribution in [2.24, 2.45) is 0 Å². The second-order valence-electron chi connectivity index (χ2n) is 4.10. The number of hydrogen-bond donors (Lipinski definition) is 2. The molecule has 3 N–H and O–H groups in total. The molecule has 2 aromatic rings. The lowest BCUT2D eigenvalue weighted by Crippen LogP contribution is -2.20. The lowest BCUT2D eigenvalue weighted by Gasteiger charge is -2.05. The number of nitrogens with two attached hydrogens (primary N) is 1. The minimum Gasteiger partial charge on any atom is -0.494 e. The van der Waals surface area contributed by atoms with Gasteiger partial charge in [0.05, 0.1) is 12.4 Å². The van der Waals surface area contributed by atoms with E-state index in [9.17, 15) is 4.79 Å². The van der Waals surface area contributed by atoms with E-state index >= 15 is 0 Å². The van der Waals surface area contributed by atoms with Crippen LogP contribution in [0.5, 0.6) is 5.75 Å². The molecule has 0 spiro atoms. The number of benzene rings is 1. The minimum absolute atomic E-state index is 0.0920. The van der Waals surface area contributed by atoms with Crippen molar-refractivity contribution < 1.29 is 9.53 Å². The molecule has 0 aliphatic heterocycles. The summed E-state index contributed by atoms with van der Waals surface area (Å²) in [5, 5.41) is 11.1. The van der Waals surface area contributed by atoms with Gasteiger partial charge < -0.3 is 15.9 Å². The lowest BCUT2D eigenvalue weighted by atomic mass is 10.2.